The largest absolute Gasteiger partial charge is 0.481 e. The SMILES string of the molecule is O.O=C(O)CCC(O)C(=O)O. The fraction of sp³-hybridized carbons (Fsp3) is 0.600. The van der Waals surface area contributed by atoms with E-state index in [1.54, 1.807) is 0 Å². The Morgan fingerprint density at radius 1 is 1.27 bits per heavy atom. The zero-order valence-corrected chi connectivity index (χ0v) is 5.65. The van der Waals surface area contributed by atoms with E-state index in [1.807, 2.05) is 0 Å². The molecule has 0 aliphatic rings. The number of carboxylic acid groups (broad SMARTS) is 2. The molecule has 0 bridgehead atoms. The van der Waals surface area contributed by atoms with E-state index in [4.69, 9.17) is 15.3 Å². The van der Waals surface area contributed by atoms with Crippen molar-refractivity contribution in [1.82, 2.24) is 0 Å². The van der Waals surface area contributed by atoms with Gasteiger partial charge in [0.25, 0.3) is 0 Å². The van der Waals surface area contributed by atoms with Crippen LogP contribution in [0.5, 0.6) is 0 Å². The molecule has 0 aromatic heterocycles. The van der Waals surface area contributed by atoms with Crippen molar-refractivity contribution in [3.05, 3.63) is 0 Å². The van der Waals surface area contributed by atoms with Gasteiger partial charge in [-0.3, -0.25) is 4.79 Å². The van der Waals surface area contributed by atoms with Crippen molar-refractivity contribution >= 4 is 11.9 Å². The van der Waals surface area contributed by atoms with Crippen LogP contribution in [0.4, 0.5) is 0 Å². The van der Waals surface area contributed by atoms with Gasteiger partial charge in [-0.05, 0) is 6.42 Å². The van der Waals surface area contributed by atoms with Crippen molar-refractivity contribution < 1.29 is 30.4 Å². The van der Waals surface area contributed by atoms with Gasteiger partial charge in [0.15, 0.2) is 6.10 Å². The van der Waals surface area contributed by atoms with Gasteiger partial charge in [-0.25, -0.2) is 4.79 Å². The number of aliphatic hydroxyl groups excluding tert-OH is 1. The Morgan fingerprint density at radius 2 is 1.73 bits per heavy atom. The second-order valence-corrected chi connectivity index (χ2v) is 1.79. The lowest BCUT2D eigenvalue weighted by molar-refractivity contribution is -0.147. The lowest BCUT2D eigenvalue weighted by Gasteiger charge is -2.00. The molecule has 0 radical (unpaired) electrons. The van der Waals surface area contributed by atoms with Gasteiger partial charge in [-0.1, -0.05) is 0 Å². The van der Waals surface area contributed by atoms with Crippen molar-refractivity contribution in [3.63, 3.8) is 0 Å². The minimum atomic E-state index is -1.56. The predicted octanol–water partition coefficient (Wildman–Crippen LogP) is -1.53. The number of carboxylic acids is 2. The molecule has 11 heavy (non-hydrogen) atoms. The second kappa shape index (κ2) is 5.63. The Labute approximate surface area is 62.4 Å². The number of aliphatic carboxylic acids is 2. The zero-order valence-electron chi connectivity index (χ0n) is 5.65. The third-order valence-corrected chi connectivity index (χ3v) is 0.917. The maximum Gasteiger partial charge on any atom is 0.332 e. The monoisotopic (exact) mass is 166 g/mol. The molecule has 1 atom stereocenters. The minimum absolute atomic E-state index is 0. The second-order valence-electron chi connectivity index (χ2n) is 1.79. The third-order valence-electron chi connectivity index (χ3n) is 0.917. The molecule has 5 N–H and O–H groups in total. The number of hydrogen-bond acceptors (Lipinski definition) is 3. The molecular formula is C5H10O6. The van der Waals surface area contributed by atoms with Crippen LogP contribution in [0.2, 0.25) is 0 Å². The van der Waals surface area contributed by atoms with E-state index < -0.39 is 18.0 Å². The van der Waals surface area contributed by atoms with Crippen LogP contribution < -0.4 is 0 Å². The molecule has 0 spiro atoms. The Morgan fingerprint density at radius 3 is 2.00 bits per heavy atom. The molecule has 0 fully saturated rings. The Bertz CT molecular complexity index is 142. The fourth-order valence-corrected chi connectivity index (χ4v) is 0.384. The highest BCUT2D eigenvalue weighted by Gasteiger charge is 2.13. The molecule has 0 saturated heterocycles. The first-order valence-electron chi connectivity index (χ1n) is 2.66. The molecule has 0 aliphatic heterocycles. The molecule has 0 aromatic rings. The van der Waals surface area contributed by atoms with Crippen LogP contribution in [-0.2, 0) is 9.59 Å². The molecule has 0 aromatic carbocycles. The lowest BCUT2D eigenvalue weighted by Crippen LogP contribution is -2.20. The average Bonchev–Trinajstić information content (AvgIpc) is 1.82. The first kappa shape index (κ1) is 12.5. The summed E-state index contributed by atoms with van der Waals surface area (Å²) in [7, 11) is 0. The smallest absolute Gasteiger partial charge is 0.332 e. The Balaban J connectivity index is 0. The number of hydrogen-bond donors (Lipinski definition) is 3. The van der Waals surface area contributed by atoms with Crippen LogP contribution in [0, 0.1) is 0 Å². The normalized spacial score (nSPS) is 11.4. The summed E-state index contributed by atoms with van der Waals surface area (Å²) in [5, 5.41) is 24.6. The van der Waals surface area contributed by atoms with Crippen molar-refractivity contribution in [1.29, 1.82) is 0 Å². The predicted molar refractivity (Wildman–Crippen MR) is 34.1 cm³/mol. The van der Waals surface area contributed by atoms with Crippen molar-refractivity contribution in [2.45, 2.75) is 18.9 Å². The van der Waals surface area contributed by atoms with E-state index >= 15 is 0 Å². The molecule has 1 unspecified atom stereocenters. The summed E-state index contributed by atoms with van der Waals surface area (Å²) in [6.45, 7) is 0. The summed E-state index contributed by atoms with van der Waals surface area (Å²) in [4.78, 5) is 19.7. The third kappa shape index (κ3) is 6.75. The first-order valence-corrected chi connectivity index (χ1v) is 2.66. The average molecular weight is 166 g/mol. The van der Waals surface area contributed by atoms with Gasteiger partial charge in [0, 0.05) is 6.42 Å². The van der Waals surface area contributed by atoms with E-state index in [0.29, 0.717) is 0 Å². The van der Waals surface area contributed by atoms with Crippen LogP contribution in [0.3, 0.4) is 0 Å². The van der Waals surface area contributed by atoms with Crippen molar-refractivity contribution in [2.75, 3.05) is 0 Å². The van der Waals surface area contributed by atoms with Gasteiger partial charge in [0.1, 0.15) is 0 Å². The van der Waals surface area contributed by atoms with E-state index in [1.165, 1.54) is 0 Å². The van der Waals surface area contributed by atoms with Gasteiger partial charge < -0.3 is 20.8 Å². The standard InChI is InChI=1S/C5H8O5.H2O/c6-3(5(9)10)1-2-4(7)8;/h3,6H,1-2H2,(H,7,8)(H,9,10);1H2. The van der Waals surface area contributed by atoms with Crippen LogP contribution in [0.1, 0.15) is 12.8 Å². The van der Waals surface area contributed by atoms with E-state index in [9.17, 15) is 9.59 Å². The fourth-order valence-electron chi connectivity index (χ4n) is 0.384. The van der Waals surface area contributed by atoms with E-state index in [-0.39, 0.29) is 18.3 Å². The summed E-state index contributed by atoms with van der Waals surface area (Å²) in [5.74, 6) is -2.50. The maximum absolute atomic E-state index is 9.87. The van der Waals surface area contributed by atoms with Gasteiger partial charge in [-0.15, -0.1) is 0 Å². The van der Waals surface area contributed by atoms with Crippen LogP contribution >= 0.6 is 0 Å². The zero-order chi connectivity index (χ0) is 8.15. The summed E-state index contributed by atoms with van der Waals surface area (Å²) in [6.07, 6.45) is -2.13. The van der Waals surface area contributed by atoms with E-state index in [0.717, 1.165) is 0 Å². The molecular weight excluding hydrogens is 156 g/mol. The summed E-state index contributed by atoms with van der Waals surface area (Å²) in [5.41, 5.74) is 0. The lowest BCUT2D eigenvalue weighted by atomic mass is 10.2. The van der Waals surface area contributed by atoms with Gasteiger partial charge in [-0.2, -0.15) is 0 Å². The van der Waals surface area contributed by atoms with E-state index in [2.05, 4.69) is 0 Å². The molecule has 0 rings (SSSR count). The minimum Gasteiger partial charge on any atom is -0.481 e. The van der Waals surface area contributed by atoms with Crippen molar-refractivity contribution in [2.24, 2.45) is 0 Å². The highest BCUT2D eigenvalue weighted by molar-refractivity contribution is 5.73. The molecule has 6 nitrogen and oxygen atoms in total. The van der Waals surface area contributed by atoms with Crippen molar-refractivity contribution in [3.8, 4) is 0 Å². The summed E-state index contributed by atoms with van der Waals surface area (Å²) in [6, 6.07) is 0. The molecule has 6 heteroatoms. The summed E-state index contributed by atoms with van der Waals surface area (Å²) >= 11 is 0. The summed E-state index contributed by atoms with van der Waals surface area (Å²) < 4.78 is 0. The highest BCUT2D eigenvalue weighted by Crippen LogP contribution is 1.95. The molecule has 0 heterocycles. The van der Waals surface area contributed by atoms with Gasteiger partial charge in [0.2, 0.25) is 0 Å². The van der Waals surface area contributed by atoms with Gasteiger partial charge >= 0.3 is 11.9 Å². The number of rotatable bonds is 4. The quantitative estimate of drug-likeness (QED) is 0.467. The number of carbonyl (C=O) groups is 2. The molecule has 66 valence electrons. The highest BCUT2D eigenvalue weighted by atomic mass is 16.4. The van der Waals surface area contributed by atoms with Gasteiger partial charge in [0.05, 0.1) is 0 Å². The topological polar surface area (TPSA) is 126 Å². The Hall–Kier alpha value is -1.14. The molecule has 0 saturated carbocycles. The molecule has 0 amide bonds. The van der Waals surface area contributed by atoms with Crippen LogP contribution in [-0.4, -0.2) is 38.8 Å². The number of aliphatic hydroxyl groups is 1. The Kier molecular flexibility index (Phi) is 6.41. The van der Waals surface area contributed by atoms with Crippen LogP contribution in [0.15, 0.2) is 0 Å². The molecule has 0 aliphatic carbocycles. The first-order chi connectivity index (χ1) is 4.54. The van der Waals surface area contributed by atoms with Crippen LogP contribution in [0.25, 0.3) is 0 Å². The maximum atomic E-state index is 9.87.